The number of ether oxygens (including phenoxy) is 1. The van der Waals surface area contributed by atoms with E-state index < -0.39 is 16.8 Å². The number of halogens is 1. The maximum atomic E-state index is 12.7. The van der Waals surface area contributed by atoms with E-state index in [0.29, 0.717) is 44.5 Å². The van der Waals surface area contributed by atoms with Crippen LogP contribution in [-0.2, 0) is 14.3 Å². The first-order valence-corrected chi connectivity index (χ1v) is 8.15. The van der Waals surface area contributed by atoms with E-state index in [1.165, 1.54) is 0 Å². The van der Waals surface area contributed by atoms with Crippen molar-refractivity contribution < 1.29 is 19.4 Å². The molecule has 2 rings (SSSR count). The Hall–Kier alpha value is -0.620. The summed E-state index contributed by atoms with van der Waals surface area (Å²) in [6.45, 7) is 6.05. The molecule has 2 fully saturated rings. The maximum Gasteiger partial charge on any atom is 0.309 e. The Morgan fingerprint density at radius 2 is 1.95 bits per heavy atom. The van der Waals surface area contributed by atoms with Crippen LogP contribution in [0.1, 0.15) is 26.7 Å². The normalized spacial score (nSPS) is 38.0. The van der Waals surface area contributed by atoms with Gasteiger partial charge in [0.25, 0.3) is 0 Å². The minimum absolute atomic E-state index is 0.0835. The SMILES string of the molecule is CC1(C(=O)O)CCC(C(=O)N2CCOCC2)C1(C)CBr. The van der Waals surface area contributed by atoms with Gasteiger partial charge in [0, 0.05) is 29.8 Å². The fourth-order valence-electron chi connectivity index (χ4n) is 3.41. The largest absolute Gasteiger partial charge is 0.481 e. The molecule has 5 nitrogen and oxygen atoms in total. The van der Waals surface area contributed by atoms with E-state index in [1.54, 1.807) is 6.92 Å². The fourth-order valence-corrected chi connectivity index (χ4v) is 4.42. The van der Waals surface area contributed by atoms with Crippen LogP contribution in [0, 0.1) is 16.7 Å². The zero-order valence-corrected chi connectivity index (χ0v) is 13.6. The first-order chi connectivity index (χ1) is 9.37. The Morgan fingerprint density at radius 3 is 2.45 bits per heavy atom. The third-order valence-corrected chi connectivity index (χ3v) is 6.50. The van der Waals surface area contributed by atoms with Crippen LogP contribution in [0.15, 0.2) is 0 Å². The second-order valence-corrected chi connectivity index (χ2v) is 6.78. The van der Waals surface area contributed by atoms with E-state index in [2.05, 4.69) is 15.9 Å². The summed E-state index contributed by atoms with van der Waals surface area (Å²) in [7, 11) is 0. The van der Waals surface area contributed by atoms with Crippen molar-refractivity contribution in [1.82, 2.24) is 4.90 Å². The number of nitrogens with zero attached hydrogens (tertiary/aromatic N) is 1. The van der Waals surface area contributed by atoms with Crippen molar-refractivity contribution in [2.75, 3.05) is 31.6 Å². The van der Waals surface area contributed by atoms with Gasteiger partial charge in [-0.15, -0.1) is 0 Å². The Morgan fingerprint density at radius 1 is 1.35 bits per heavy atom. The minimum Gasteiger partial charge on any atom is -0.481 e. The Balaban J connectivity index is 2.24. The first-order valence-electron chi connectivity index (χ1n) is 7.03. The van der Waals surface area contributed by atoms with Gasteiger partial charge in [0.1, 0.15) is 0 Å². The second-order valence-electron chi connectivity index (χ2n) is 6.22. The third kappa shape index (κ3) is 2.26. The second kappa shape index (κ2) is 5.64. The monoisotopic (exact) mass is 347 g/mol. The molecule has 20 heavy (non-hydrogen) atoms. The summed E-state index contributed by atoms with van der Waals surface area (Å²) in [5, 5.41) is 10.1. The van der Waals surface area contributed by atoms with Gasteiger partial charge in [-0.2, -0.15) is 0 Å². The minimum atomic E-state index is -0.858. The van der Waals surface area contributed by atoms with Gasteiger partial charge in [0.05, 0.1) is 18.6 Å². The van der Waals surface area contributed by atoms with Crippen LogP contribution in [-0.4, -0.2) is 53.5 Å². The molecule has 3 unspecified atom stereocenters. The van der Waals surface area contributed by atoms with Gasteiger partial charge in [-0.1, -0.05) is 22.9 Å². The van der Waals surface area contributed by atoms with Crippen LogP contribution in [0.4, 0.5) is 0 Å². The quantitative estimate of drug-likeness (QED) is 0.789. The van der Waals surface area contributed by atoms with Crippen molar-refractivity contribution in [2.45, 2.75) is 26.7 Å². The maximum absolute atomic E-state index is 12.7. The van der Waals surface area contributed by atoms with Crippen LogP contribution in [0.5, 0.6) is 0 Å². The molecule has 1 aliphatic carbocycles. The molecule has 6 heteroatoms. The highest BCUT2D eigenvalue weighted by Crippen LogP contribution is 2.57. The molecule has 0 bridgehead atoms. The van der Waals surface area contributed by atoms with E-state index in [1.807, 2.05) is 11.8 Å². The van der Waals surface area contributed by atoms with Crippen LogP contribution in [0.3, 0.4) is 0 Å². The first kappa shape index (κ1) is 15.8. The van der Waals surface area contributed by atoms with Crippen molar-refractivity contribution in [2.24, 2.45) is 16.7 Å². The molecule has 0 spiro atoms. The standard InChI is InChI=1S/C14H22BrNO4/c1-13(12(18)19)4-3-10(14(13,2)9-15)11(17)16-5-7-20-8-6-16/h10H,3-9H2,1-2H3,(H,18,19). The topological polar surface area (TPSA) is 66.8 Å². The summed E-state index contributed by atoms with van der Waals surface area (Å²) >= 11 is 3.45. The highest BCUT2D eigenvalue weighted by atomic mass is 79.9. The van der Waals surface area contributed by atoms with E-state index in [4.69, 9.17) is 4.74 Å². The number of alkyl halides is 1. The molecule has 0 radical (unpaired) electrons. The molecule has 0 aromatic heterocycles. The summed E-state index contributed by atoms with van der Waals surface area (Å²) in [5.74, 6) is -0.960. The van der Waals surface area contributed by atoms with Crippen molar-refractivity contribution in [1.29, 1.82) is 0 Å². The highest BCUT2D eigenvalue weighted by molar-refractivity contribution is 9.09. The highest BCUT2D eigenvalue weighted by Gasteiger charge is 2.60. The number of rotatable bonds is 3. The predicted octanol–water partition coefficient (Wildman–Crippen LogP) is 1.75. The van der Waals surface area contributed by atoms with Gasteiger partial charge >= 0.3 is 5.97 Å². The summed E-state index contributed by atoms with van der Waals surface area (Å²) in [4.78, 5) is 26.2. The molecule has 1 saturated heterocycles. The molecule has 2 aliphatic rings. The average Bonchev–Trinajstić information content (AvgIpc) is 2.73. The number of hydrogen-bond acceptors (Lipinski definition) is 3. The Bertz CT molecular complexity index is 410. The van der Waals surface area contributed by atoms with Gasteiger partial charge < -0.3 is 14.7 Å². The van der Waals surface area contributed by atoms with Crippen molar-refractivity contribution >= 4 is 27.8 Å². The van der Waals surface area contributed by atoms with Crippen LogP contribution in [0.2, 0.25) is 0 Å². The zero-order chi connectivity index (χ0) is 15.0. The Kier molecular flexibility index (Phi) is 4.44. The number of carboxylic acids is 1. The fraction of sp³-hybridized carbons (Fsp3) is 0.857. The molecule has 1 amide bonds. The van der Waals surface area contributed by atoms with Crippen molar-refractivity contribution in [3.8, 4) is 0 Å². The van der Waals surface area contributed by atoms with Gasteiger partial charge in [-0.3, -0.25) is 9.59 Å². The zero-order valence-electron chi connectivity index (χ0n) is 12.0. The molecule has 1 N–H and O–H groups in total. The number of morpholine rings is 1. The molecule has 3 atom stereocenters. The van der Waals surface area contributed by atoms with Crippen molar-refractivity contribution in [3.05, 3.63) is 0 Å². The summed E-state index contributed by atoms with van der Waals surface area (Å²) < 4.78 is 5.27. The number of amides is 1. The van der Waals surface area contributed by atoms with Crippen LogP contribution >= 0.6 is 15.9 Å². The molecule has 1 saturated carbocycles. The number of carboxylic acid groups (broad SMARTS) is 1. The molecule has 1 heterocycles. The van der Waals surface area contributed by atoms with E-state index >= 15 is 0 Å². The van der Waals surface area contributed by atoms with E-state index in [-0.39, 0.29) is 11.8 Å². The van der Waals surface area contributed by atoms with Gasteiger partial charge in [0.15, 0.2) is 0 Å². The molecule has 114 valence electrons. The average molecular weight is 348 g/mol. The van der Waals surface area contributed by atoms with E-state index in [9.17, 15) is 14.7 Å². The summed E-state index contributed by atoms with van der Waals surface area (Å²) in [6, 6.07) is 0. The molecule has 0 aromatic carbocycles. The van der Waals surface area contributed by atoms with Crippen molar-refractivity contribution in [3.63, 3.8) is 0 Å². The van der Waals surface area contributed by atoms with Crippen LogP contribution < -0.4 is 0 Å². The van der Waals surface area contributed by atoms with E-state index in [0.717, 1.165) is 0 Å². The predicted molar refractivity (Wildman–Crippen MR) is 77.8 cm³/mol. The molecular weight excluding hydrogens is 326 g/mol. The third-order valence-electron chi connectivity index (χ3n) is 5.33. The summed E-state index contributed by atoms with van der Waals surface area (Å²) in [6.07, 6.45) is 1.19. The molecule has 1 aliphatic heterocycles. The van der Waals surface area contributed by atoms with Crippen LogP contribution in [0.25, 0.3) is 0 Å². The number of carbonyl (C=O) groups excluding carboxylic acids is 1. The number of hydrogen-bond donors (Lipinski definition) is 1. The lowest BCUT2D eigenvalue weighted by Gasteiger charge is -2.41. The lowest BCUT2D eigenvalue weighted by atomic mass is 9.65. The van der Waals surface area contributed by atoms with Gasteiger partial charge in [-0.05, 0) is 19.8 Å². The lowest BCUT2D eigenvalue weighted by molar-refractivity contribution is -0.156. The molecule has 0 aromatic rings. The smallest absolute Gasteiger partial charge is 0.309 e. The Labute approximate surface area is 127 Å². The summed E-state index contributed by atoms with van der Waals surface area (Å²) in [5.41, 5.74) is -1.42. The van der Waals surface area contributed by atoms with Gasteiger partial charge in [-0.25, -0.2) is 0 Å². The number of aliphatic carboxylic acids is 1. The van der Waals surface area contributed by atoms with Gasteiger partial charge in [0.2, 0.25) is 5.91 Å². The molecular formula is C14H22BrNO4. The lowest BCUT2D eigenvalue weighted by Crippen LogP contribution is -2.51. The number of carbonyl (C=O) groups is 2.